The first-order chi connectivity index (χ1) is 9.66. The van der Waals surface area contributed by atoms with Crippen molar-refractivity contribution in [1.82, 2.24) is 9.47 Å². The van der Waals surface area contributed by atoms with E-state index in [2.05, 4.69) is 35.4 Å². The van der Waals surface area contributed by atoms with Gasteiger partial charge in [-0.15, -0.1) is 0 Å². The maximum atomic E-state index is 6.19. The second-order valence-electron chi connectivity index (χ2n) is 5.77. The molecule has 0 amide bonds. The van der Waals surface area contributed by atoms with Gasteiger partial charge in [0.2, 0.25) is 0 Å². The quantitative estimate of drug-likeness (QED) is 0.874. The number of hydrogen-bond donors (Lipinski definition) is 1. The van der Waals surface area contributed by atoms with Gasteiger partial charge >= 0.3 is 0 Å². The molecule has 1 aliphatic heterocycles. The predicted octanol–water partition coefficient (Wildman–Crippen LogP) is 2.64. The van der Waals surface area contributed by atoms with Crippen molar-refractivity contribution in [3.63, 3.8) is 0 Å². The molecule has 2 N–H and O–H groups in total. The lowest BCUT2D eigenvalue weighted by atomic mass is 10.2. The fourth-order valence-electron chi connectivity index (χ4n) is 3.07. The lowest BCUT2D eigenvalue weighted by Gasteiger charge is -2.27. The summed E-state index contributed by atoms with van der Waals surface area (Å²) >= 11 is 0. The Labute approximate surface area is 120 Å². The van der Waals surface area contributed by atoms with Crippen molar-refractivity contribution in [3.8, 4) is 0 Å². The molecular formula is C16H23N3O. The van der Waals surface area contributed by atoms with Crippen LogP contribution in [-0.2, 0) is 11.3 Å². The molecule has 1 saturated heterocycles. The second-order valence-corrected chi connectivity index (χ2v) is 5.77. The molecule has 0 spiro atoms. The molecule has 1 aromatic carbocycles. The smallest absolute Gasteiger partial charge is 0.0718 e. The minimum atomic E-state index is 0.410. The minimum absolute atomic E-state index is 0.410. The summed E-state index contributed by atoms with van der Waals surface area (Å²) in [6.07, 6.45) is 0. The number of aromatic nitrogens is 1. The molecule has 0 aliphatic carbocycles. The molecule has 4 heteroatoms. The topological polar surface area (TPSA) is 43.4 Å². The first-order valence-electron chi connectivity index (χ1n) is 7.35. The van der Waals surface area contributed by atoms with Gasteiger partial charge in [-0.3, -0.25) is 4.90 Å². The molecule has 1 fully saturated rings. The Kier molecular flexibility index (Phi) is 3.68. The second kappa shape index (κ2) is 5.46. The van der Waals surface area contributed by atoms with Crippen LogP contribution >= 0.6 is 0 Å². The average molecular weight is 273 g/mol. The molecule has 2 heterocycles. The molecule has 0 unspecified atom stereocenters. The first kappa shape index (κ1) is 13.5. The summed E-state index contributed by atoms with van der Waals surface area (Å²) in [5.41, 5.74) is 9.57. The SMILES string of the molecule is CC(C)n1c(CN2CCOCC2)cc2cccc(N)c21. The number of anilines is 1. The van der Waals surface area contributed by atoms with E-state index < -0.39 is 0 Å². The number of morpholine rings is 1. The molecule has 0 radical (unpaired) electrons. The molecule has 1 aromatic heterocycles. The van der Waals surface area contributed by atoms with Gasteiger partial charge in [0.05, 0.1) is 24.4 Å². The number of rotatable bonds is 3. The molecule has 108 valence electrons. The van der Waals surface area contributed by atoms with Gasteiger partial charge in [0.15, 0.2) is 0 Å². The standard InChI is InChI=1S/C16H23N3O/c1-12(2)19-14(11-18-6-8-20-9-7-18)10-13-4-3-5-15(17)16(13)19/h3-5,10,12H,6-9,11,17H2,1-2H3. The fourth-order valence-corrected chi connectivity index (χ4v) is 3.07. The third-order valence-electron chi connectivity index (χ3n) is 3.98. The highest BCUT2D eigenvalue weighted by Gasteiger charge is 2.17. The molecule has 20 heavy (non-hydrogen) atoms. The van der Waals surface area contributed by atoms with E-state index in [1.807, 2.05) is 12.1 Å². The van der Waals surface area contributed by atoms with Gasteiger partial charge in [0.1, 0.15) is 0 Å². The van der Waals surface area contributed by atoms with Gasteiger partial charge in [-0.05, 0) is 26.0 Å². The van der Waals surface area contributed by atoms with Crippen LogP contribution < -0.4 is 5.73 Å². The Balaban J connectivity index is 2.01. The highest BCUT2D eigenvalue weighted by molar-refractivity contribution is 5.91. The highest BCUT2D eigenvalue weighted by atomic mass is 16.5. The van der Waals surface area contributed by atoms with Crippen molar-refractivity contribution in [2.45, 2.75) is 26.4 Å². The van der Waals surface area contributed by atoms with Crippen LogP contribution in [0.25, 0.3) is 10.9 Å². The van der Waals surface area contributed by atoms with Crippen molar-refractivity contribution in [3.05, 3.63) is 30.0 Å². The third kappa shape index (κ3) is 2.41. The van der Waals surface area contributed by atoms with E-state index in [4.69, 9.17) is 10.5 Å². The first-order valence-corrected chi connectivity index (χ1v) is 7.35. The van der Waals surface area contributed by atoms with Crippen LogP contribution in [0.5, 0.6) is 0 Å². The van der Waals surface area contributed by atoms with Gasteiger partial charge in [-0.25, -0.2) is 0 Å². The summed E-state index contributed by atoms with van der Waals surface area (Å²) in [5, 5.41) is 1.24. The number of para-hydroxylation sites is 1. The maximum Gasteiger partial charge on any atom is 0.0718 e. The number of ether oxygens (including phenoxy) is 1. The van der Waals surface area contributed by atoms with Crippen LogP contribution in [0.15, 0.2) is 24.3 Å². The number of nitrogens with zero attached hydrogens (tertiary/aromatic N) is 2. The van der Waals surface area contributed by atoms with E-state index >= 15 is 0 Å². The summed E-state index contributed by atoms with van der Waals surface area (Å²) in [5.74, 6) is 0. The molecule has 2 aromatic rings. The summed E-state index contributed by atoms with van der Waals surface area (Å²) in [7, 11) is 0. The van der Waals surface area contributed by atoms with Crippen LogP contribution in [0.3, 0.4) is 0 Å². The van der Waals surface area contributed by atoms with E-state index in [-0.39, 0.29) is 0 Å². The zero-order valence-electron chi connectivity index (χ0n) is 12.3. The Morgan fingerprint density at radius 2 is 2.00 bits per heavy atom. The van der Waals surface area contributed by atoms with Crippen LogP contribution in [0, 0.1) is 0 Å². The van der Waals surface area contributed by atoms with Gasteiger partial charge < -0.3 is 15.0 Å². The number of hydrogen-bond acceptors (Lipinski definition) is 3. The van der Waals surface area contributed by atoms with Crippen LogP contribution in [-0.4, -0.2) is 35.8 Å². The molecule has 0 bridgehead atoms. The summed E-state index contributed by atoms with van der Waals surface area (Å²) in [6.45, 7) is 9.09. The van der Waals surface area contributed by atoms with Crippen LogP contribution in [0.1, 0.15) is 25.6 Å². The van der Waals surface area contributed by atoms with E-state index in [0.717, 1.165) is 38.5 Å². The van der Waals surface area contributed by atoms with Crippen molar-refractivity contribution in [2.24, 2.45) is 0 Å². The summed E-state index contributed by atoms with van der Waals surface area (Å²) in [6, 6.07) is 8.85. The van der Waals surface area contributed by atoms with E-state index in [9.17, 15) is 0 Å². The Morgan fingerprint density at radius 1 is 1.25 bits per heavy atom. The van der Waals surface area contributed by atoms with E-state index in [1.54, 1.807) is 0 Å². The zero-order valence-corrected chi connectivity index (χ0v) is 12.3. The van der Waals surface area contributed by atoms with E-state index in [0.29, 0.717) is 6.04 Å². The molecule has 0 atom stereocenters. The van der Waals surface area contributed by atoms with Crippen LogP contribution in [0.2, 0.25) is 0 Å². The molecule has 3 rings (SSSR count). The van der Waals surface area contributed by atoms with Gasteiger partial charge in [-0.2, -0.15) is 0 Å². The largest absolute Gasteiger partial charge is 0.397 e. The van der Waals surface area contributed by atoms with Crippen molar-refractivity contribution in [1.29, 1.82) is 0 Å². The van der Waals surface area contributed by atoms with E-state index in [1.165, 1.54) is 16.6 Å². The average Bonchev–Trinajstić information content (AvgIpc) is 2.79. The highest BCUT2D eigenvalue weighted by Crippen LogP contribution is 2.29. The van der Waals surface area contributed by atoms with Gasteiger partial charge in [-0.1, -0.05) is 12.1 Å². The maximum absolute atomic E-state index is 6.19. The predicted molar refractivity (Wildman–Crippen MR) is 82.8 cm³/mol. The zero-order chi connectivity index (χ0) is 14.1. The molecular weight excluding hydrogens is 250 g/mol. The fraction of sp³-hybridized carbons (Fsp3) is 0.500. The monoisotopic (exact) mass is 273 g/mol. The van der Waals surface area contributed by atoms with Crippen LogP contribution in [0.4, 0.5) is 5.69 Å². The Bertz CT molecular complexity index is 597. The van der Waals surface area contributed by atoms with Gasteiger partial charge in [0, 0.05) is 36.8 Å². The Morgan fingerprint density at radius 3 is 2.70 bits per heavy atom. The minimum Gasteiger partial charge on any atom is -0.397 e. The van der Waals surface area contributed by atoms with Crippen molar-refractivity contribution < 1.29 is 4.74 Å². The number of fused-ring (bicyclic) bond motifs is 1. The number of nitrogens with two attached hydrogens (primary N) is 1. The summed E-state index contributed by atoms with van der Waals surface area (Å²) < 4.78 is 7.80. The lowest BCUT2D eigenvalue weighted by Crippen LogP contribution is -2.36. The number of nitrogen functional groups attached to an aromatic ring is 1. The number of benzene rings is 1. The molecule has 4 nitrogen and oxygen atoms in total. The third-order valence-corrected chi connectivity index (χ3v) is 3.98. The lowest BCUT2D eigenvalue weighted by molar-refractivity contribution is 0.0331. The Hall–Kier alpha value is -1.52. The van der Waals surface area contributed by atoms with Crippen molar-refractivity contribution >= 4 is 16.6 Å². The molecule has 1 aliphatic rings. The molecule has 0 saturated carbocycles. The normalized spacial score (nSPS) is 17.1. The summed E-state index contributed by atoms with van der Waals surface area (Å²) in [4.78, 5) is 2.45. The van der Waals surface area contributed by atoms with Crippen molar-refractivity contribution in [2.75, 3.05) is 32.0 Å². The van der Waals surface area contributed by atoms with Gasteiger partial charge in [0.25, 0.3) is 0 Å².